The second kappa shape index (κ2) is 7.72. The molecule has 0 aromatic carbocycles. The Bertz CT molecular complexity index is 610. The lowest BCUT2D eigenvalue weighted by molar-refractivity contribution is -0.145. The molecule has 1 N–H and O–H groups in total. The fourth-order valence-electron chi connectivity index (χ4n) is 3.98. The molecule has 0 aromatic heterocycles. The fourth-order valence-corrected chi connectivity index (χ4v) is 3.98. The SMILES string of the molecule is COC(=O)C1=C(C)NC(C)=C(C(=O)OC)C1[C@H]1CC[C@@H](C(=O)OC)C1. The van der Waals surface area contributed by atoms with Crippen LogP contribution in [0.1, 0.15) is 33.1 Å². The van der Waals surface area contributed by atoms with Crippen LogP contribution in [0.4, 0.5) is 0 Å². The summed E-state index contributed by atoms with van der Waals surface area (Å²) in [6.45, 7) is 3.56. The van der Waals surface area contributed by atoms with E-state index in [1.54, 1.807) is 13.8 Å². The summed E-state index contributed by atoms with van der Waals surface area (Å²) in [5.41, 5.74) is 2.15. The topological polar surface area (TPSA) is 90.9 Å². The molecule has 0 bridgehead atoms. The van der Waals surface area contributed by atoms with Crippen LogP contribution in [0.25, 0.3) is 0 Å². The molecule has 0 spiro atoms. The van der Waals surface area contributed by atoms with Gasteiger partial charge < -0.3 is 19.5 Å². The summed E-state index contributed by atoms with van der Waals surface area (Å²) < 4.78 is 14.7. The molecule has 1 heterocycles. The molecule has 1 aliphatic heterocycles. The Morgan fingerprint density at radius 2 is 1.40 bits per heavy atom. The van der Waals surface area contributed by atoms with Crippen LogP contribution in [0, 0.1) is 17.8 Å². The van der Waals surface area contributed by atoms with Gasteiger partial charge in [0.15, 0.2) is 0 Å². The quantitative estimate of drug-likeness (QED) is 0.609. The van der Waals surface area contributed by atoms with Crippen LogP contribution >= 0.6 is 0 Å². The van der Waals surface area contributed by atoms with E-state index in [9.17, 15) is 14.4 Å². The standard InChI is InChI=1S/C18H25NO6/c1-9-13(17(21)24-4)15(14(10(2)19-9)18(22)25-5)11-6-7-12(8-11)16(20)23-3/h11-12,15,19H,6-8H2,1-5H3/t11-,12+/m0/s1. The number of carbonyl (C=O) groups is 3. The molecule has 1 fully saturated rings. The summed E-state index contributed by atoms with van der Waals surface area (Å²) in [5.74, 6) is -1.94. The number of rotatable bonds is 4. The largest absolute Gasteiger partial charge is 0.469 e. The normalized spacial score (nSPS) is 24.0. The van der Waals surface area contributed by atoms with Gasteiger partial charge in [-0.25, -0.2) is 9.59 Å². The van der Waals surface area contributed by atoms with Gasteiger partial charge in [0.1, 0.15) is 0 Å². The first kappa shape index (κ1) is 19.0. The summed E-state index contributed by atoms with van der Waals surface area (Å²) in [5, 5.41) is 3.07. The van der Waals surface area contributed by atoms with Gasteiger partial charge in [-0.05, 0) is 39.0 Å². The van der Waals surface area contributed by atoms with Crippen LogP contribution < -0.4 is 5.32 Å². The van der Waals surface area contributed by atoms with Gasteiger partial charge >= 0.3 is 17.9 Å². The van der Waals surface area contributed by atoms with E-state index in [0.717, 1.165) is 0 Å². The van der Waals surface area contributed by atoms with Gasteiger partial charge in [0.25, 0.3) is 0 Å². The zero-order chi connectivity index (χ0) is 18.7. The third-order valence-electron chi connectivity index (χ3n) is 5.09. The molecule has 0 saturated heterocycles. The number of dihydropyridines is 1. The Morgan fingerprint density at radius 3 is 1.84 bits per heavy atom. The van der Waals surface area contributed by atoms with Gasteiger partial charge in [0.05, 0.1) is 38.4 Å². The van der Waals surface area contributed by atoms with Crippen molar-refractivity contribution in [1.29, 1.82) is 0 Å². The van der Waals surface area contributed by atoms with E-state index in [-0.39, 0.29) is 17.8 Å². The van der Waals surface area contributed by atoms with Crippen molar-refractivity contribution in [3.63, 3.8) is 0 Å². The number of esters is 3. The maximum Gasteiger partial charge on any atom is 0.336 e. The van der Waals surface area contributed by atoms with Crippen LogP contribution in [0.5, 0.6) is 0 Å². The molecule has 1 aliphatic carbocycles. The van der Waals surface area contributed by atoms with Crippen molar-refractivity contribution in [3.05, 3.63) is 22.5 Å². The van der Waals surface area contributed by atoms with Crippen LogP contribution in [-0.4, -0.2) is 39.2 Å². The summed E-state index contributed by atoms with van der Waals surface area (Å²) in [4.78, 5) is 36.7. The van der Waals surface area contributed by atoms with E-state index in [0.29, 0.717) is 41.8 Å². The van der Waals surface area contributed by atoms with Crippen molar-refractivity contribution < 1.29 is 28.6 Å². The first-order valence-corrected chi connectivity index (χ1v) is 8.28. The molecule has 0 aromatic rings. The van der Waals surface area contributed by atoms with Crippen molar-refractivity contribution in [2.45, 2.75) is 33.1 Å². The van der Waals surface area contributed by atoms with E-state index in [4.69, 9.17) is 14.2 Å². The maximum absolute atomic E-state index is 12.4. The number of nitrogens with one attached hydrogen (secondary N) is 1. The van der Waals surface area contributed by atoms with Crippen LogP contribution in [0.2, 0.25) is 0 Å². The summed E-state index contributed by atoms with van der Waals surface area (Å²) >= 11 is 0. The first-order valence-electron chi connectivity index (χ1n) is 8.28. The predicted molar refractivity (Wildman–Crippen MR) is 88.9 cm³/mol. The van der Waals surface area contributed by atoms with E-state index < -0.39 is 17.9 Å². The van der Waals surface area contributed by atoms with Crippen molar-refractivity contribution in [2.75, 3.05) is 21.3 Å². The summed E-state index contributed by atoms with van der Waals surface area (Å²) in [6.07, 6.45) is 1.94. The molecule has 25 heavy (non-hydrogen) atoms. The highest BCUT2D eigenvalue weighted by Crippen LogP contribution is 2.45. The fraction of sp³-hybridized carbons (Fsp3) is 0.611. The average Bonchev–Trinajstić information content (AvgIpc) is 3.08. The molecule has 2 atom stereocenters. The summed E-state index contributed by atoms with van der Waals surface area (Å²) in [7, 11) is 4.00. The van der Waals surface area contributed by atoms with Crippen molar-refractivity contribution >= 4 is 17.9 Å². The Hall–Kier alpha value is -2.31. The van der Waals surface area contributed by atoms with Crippen LogP contribution in [0.15, 0.2) is 22.5 Å². The zero-order valence-corrected chi connectivity index (χ0v) is 15.3. The smallest absolute Gasteiger partial charge is 0.336 e. The lowest BCUT2D eigenvalue weighted by Gasteiger charge is -2.33. The van der Waals surface area contributed by atoms with Gasteiger partial charge in [-0.15, -0.1) is 0 Å². The Kier molecular flexibility index (Phi) is 5.87. The second-order valence-corrected chi connectivity index (χ2v) is 6.46. The number of carbonyl (C=O) groups excluding carboxylic acids is 3. The number of hydrogen-bond donors (Lipinski definition) is 1. The van der Waals surface area contributed by atoms with Gasteiger partial charge in [0.2, 0.25) is 0 Å². The summed E-state index contributed by atoms with van der Waals surface area (Å²) in [6, 6.07) is 0. The second-order valence-electron chi connectivity index (χ2n) is 6.46. The molecular formula is C18H25NO6. The Labute approximate surface area is 147 Å². The lowest BCUT2D eigenvalue weighted by atomic mass is 9.75. The highest BCUT2D eigenvalue weighted by molar-refractivity contribution is 5.97. The van der Waals surface area contributed by atoms with Crippen molar-refractivity contribution in [1.82, 2.24) is 5.32 Å². The van der Waals surface area contributed by atoms with E-state index in [2.05, 4.69) is 5.32 Å². The zero-order valence-electron chi connectivity index (χ0n) is 15.3. The molecule has 0 radical (unpaired) electrons. The number of allylic oxidation sites excluding steroid dienone is 2. The molecule has 0 amide bonds. The molecule has 0 unspecified atom stereocenters. The highest BCUT2D eigenvalue weighted by Gasteiger charge is 2.44. The average molecular weight is 351 g/mol. The van der Waals surface area contributed by atoms with Crippen LogP contribution in [0.3, 0.4) is 0 Å². The number of methoxy groups -OCH3 is 3. The molecule has 7 nitrogen and oxygen atoms in total. The van der Waals surface area contributed by atoms with E-state index in [1.165, 1.54) is 21.3 Å². The minimum absolute atomic E-state index is 0.0423. The lowest BCUT2D eigenvalue weighted by Crippen LogP contribution is -2.36. The molecule has 1 saturated carbocycles. The van der Waals surface area contributed by atoms with Gasteiger partial charge in [-0.3, -0.25) is 4.79 Å². The van der Waals surface area contributed by atoms with E-state index in [1.807, 2.05) is 0 Å². The molecular weight excluding hydrogens is 326 g/mol. The molecule has 7 heteroatoms. The molecule has 2 aliphatic rings. The third-order valence-corrected chi connectivity index (χ3v) is 5.09. The highest BCUT2D eigenvalue weighted by atomic mass is 16.5. The number of hydrogen-bond acceptors (Lipinski definition) is 7. The molecule has 2 rings (SSSR count). The van der Waals surface area contributed by atoms with Crippen molar-refractivity contribution in [3.8, 4) is 0 Å². The maximum atomic E-state index is 12.4. The first-order chi connectivity index (χ1) is 11.8. The third kappa shape index (κ3) is 3.55. The Balaban J connectivity index is 2.45. The van der Waals surface area contributed by atoms with Crippen LogP contribution in [-0.2, 0) is 28.6 Å². The Morgan fingerprint density at radius 1 is 0.880 bits per heavy atom. The van der Waals surface area contributed by atoms with Gasteiger partial charge in [-0.2, -0.15) is 0 Å². The molecule has 138 valence electrons. The van der Waals surface area contributed by atoms with Gasteiger partial charge in [0, 0.05) is 17.3 Å². The van der Waals surface area contributed by atoms with E-state index >= 15 is 0 Å². The number of ether oxygens (including phenoxy) is 3. The van der Waals surface area contributed by atoms with Gasteiger partial charge in [-0.1, -0.05) is 0 Å². The monoisotopic (exact) mass is 351 g/mol. The minimum atomic E-state index is -0.481. The van der Waals surface area contributed by atoms with Crippen molar-refractivity contribution in [2.24, 2.45) is 17.8 Å². The minimum Gasteiger partial charge on any atom is -0.469 e. The predicted octanol–water partition coefficient (Wildman–Crippen LogP) is 1.69.